The first-order valence-electron chi connectivity index (χ1n) is 12.5. The molecule has 0 aliphatic heterocycles. The Labute approximate surface area is 213 Å². The fraction of sp³-hybridized carbons (Fsp3) is 0.182. The summed E-state index contributed by atoms with van der Waals surface area (Å²) in [4.78, 5) is 12.7. The molecule has 0 bridgehead atoms. The Bertz CT molecular complexity index is 1170. The molecule has 4 aromatic rings. The number of carbonyl (C=O) groups is 1. The molecule has 2 atom stereocenters. The van der Waals surface area contributed by atoms with Crippen molar-refractivity contribution in [2.24, 2.45) is 5.92 Å². The lowest BCUT2D eigenvalue weighted by Crippen LogP contribution is -2.34. The monoisotopic (exact) mass is 474 g/mol. The summed E-state index contributed by atoms with van der Waals surface area (Å²) in [5.41, 5.74) is 3.07. The number of rotatable bonds is 9. The summed E-state index contributed by atoms with van der Waals surface area (Å²) in [6.07, 6.45) is 5.55. The SMILES string of the molecule is O=C(O[C@@H]1CC=C[C@H]1CCOC(c1ccccc1)(c1ccccc1)c1ccccc1)c1ccccc1. The highest BCUT2D eigenvalue weighted by atomic mass is 16.5. The van der Waals surface area contributed by atoms with E-state index < -0.39 is 5.60 Å². The molecule has 0 unspecified atom stereocenters. The van der Waals surface area contributed by atoms with E-state index in [1.54, 1.807) is 12.1 Å². The predicted octanol–water partition coefficient (Wildman–Crippen LogP) is 7.19. The van der Waals surface area contributed by atoms with E-state index in [4.69, 9.17) is 9.47 Å². The van der Waals surface area contributed by atoms with Crippen LogP contribution in [0.3, 0.4) is 0 Å². The maximum atomic E-state index is 12.7. The van der Waals surface area contributed by atoms with Gasteiger partial charge in [-0.25, -0.2) is 4.79 Å². The number of carbonyl (C=O) groups excluding carboxylic acids is 1. The Morgan fingerprint density at radius 3 is 1.67 bits per heavy atom. The van der Waals surface area contributed by atoms with Gasteiger partial charge in [0, 0.05) is 18.9 Å². The summed E-state index contributed by atoms with van der Waals surface area (Å²) >= 11 is 0. The van der Waals surface area contributed by atoms with Crippen LogP contribution in [0.5, 0.6) is 0 Å². The molecule has 0 aromatic heterocycles. The van der Waals surface area contributed by atoms with Crippen molar-refractivity contribution in [3.8, 4) is 0 Å². The molecule has 36 heavy (non-hydrogen) atoms. The van der Waals surface area contributed by atoms with E-state index in [0.29, 0.717) is 12.2 Å². The molecule has 0 saturated heterocycles. The lowest BCUT2D eigenvalue weighted by molar-refractivity contribution is -0.00741. The standard InChI is InChI=1S/C33H30O3/c34-32(27-14-5-1-6-15-27)36-31-23-13-16-26(31)24-25-35-33(28-17-7-2-8-18-28,29-19-9-3-10-20-29)30-21-11-4-12-22-30/h1-22,26,31H,23-25H2/t26-,31+/m0/s1. The molecule has 0 radical (unpaired) electrons. The van der Waals surface area contributed by atoms with E-state index in [1.807, 2.05) is 36.4 Å². The normalized spacial score (nSPS) is 17.1. The first kappa shape index (κ1) is 23.8. The Morgan fingerprint density at radius 1 is 0.694 bits per heavy atom. The van der Waals surface area contributed by atoms with Crippen molar-refractivity contribution in [2.75, 3.05) is 6.61 Å². The highest BCUT2D eigenvalue weighted by Crippen LogP contribution is 2.41. The van der Waals surface area contributed by atoms with Crippen molar-refractivity contribution in [3.63, 3.8) is 0 Å². The molecule has 0 saturated carbocycles. The van der Waals surface area contributed by atoms with Crippen molar-refractivity contribution in [2.45, 2.75) is 24.5 Å². The zero-order chi connectivity index (χ0) is 24.6. The van der Waals surface area contributed by atoms with Gasteiger partial charge in [0.25, 0.3) is 0 Å². The smallest absolute Gasteiger partial charge is 0.338 e. The predicted molar refractivity (Wildman–Crippen MR) is 143 cm³/mol. The molecule has 1 aliphatic rings. The van der Waals surface area contributed by atoms with E-state index in [-0.39, 0.29) is 18.0 Å². The third kappa shape index (κ3) is 5.02. The average Bonchev–Trinajstić information content (AvgIpc) is 3.39. The van der Waals surface area contributed by atoms with Crippen LogP contribution in [0.15, 0.2) is 133 Å². The Hall–Kier alpha value is -3.95. The number of hydrogen-bond donors (Lipinski definition) is 0. The first-order valence-corrected chi connectivity index (χ1v) is 12.5. The molecule has 3 heteroatoms. The summed E-state index contributed by atoms with van der Waals surface area (Å²) in [6.45, 7) is 0.507. The molecular weight excluding hydrogens is 444 g/mol. The molecule has 0 fully saturated rings. The third-order valence-corrected chi connectivity index (χ3v) is 6.81. The number of benzene rings is 4. The van der Waals surface area contributed by atoms with Crippen molar-refractivity contribution in [3.05, 3.63) is 156 Å². The molecule has 4 aromatic carbocycles. The quantitative estimate of drug-likeness (QED) is 0.146. The molecule has 0 N–H and O–H groups in total. The van der Waals surface area contributed by atoms with Crippen LogP contribution in [0.1, 0.15) is 39.9 Å². The minimum absolute atomic E-state index is 0.109. The largest absolute Gasteiger partial charge is 0.458 e. The van der Waals surface area contributed by atoms with Gasteiger partial charge in [-0.05, 0) is 35.2 Å². The summed E-state index contributed by atoms with van der Waals surface area (Å²) in [5, 5.41) is 0. The molecule has 1 aliphatic carbocycles. The maximum Gasteiger partial charge on any atom is 0.338 e. The average molecular weight is 475 g/mol. The van der Waals surface area contributed by atoms with Crippen LogP contribution in [0.4, 0.5) is 0 Å². The summed E-state index contributed by atoms with van der Waals surface area (Å²) < 4.78 is 12.8. The highest BCUT2D eigenvalue weighted by Gasteiger charge is 2.38. The summed E-state index contributed by atoms with van der Waals surface area (Å²) in [7, 11) is 0. The summed E-state index contributed by atoms with van der Waals surface area (Å²) in [5.74, 6) is -0.167. The van der Waals surface area contributed by atoms with Gasteiger partial charge in [0.2, 0.25) is 0 Å². The van der Waals surface area contributed by atoms with E-state index in [2.05, 4.69) is 84.9 Å². The van der Waals surface area contributed by atoms with Crippen LogP contribution < -0.4 is 0 Å². The van der Waals surface area contributed by atoms with E-state index >= 15 is 0 Å². The van der Waals surface area contributed by atoms with Crippen LogP contribution in [0, 0.1) is 5.92 Å². The lowest BCUT2D eigenvalue weighted by Gasteiger charge is -2.36. The van der Waals surface area contributed by atoms with Crippen molar-refractivity contribution in [1.82, 2.24) is 0 Å². The highest BCUT2D eigenvalue weighted by molar-refractivity contribution is 5.89. The molecule has 3 nitrogen and oxygen atoms in total. The van der Waals surface area contributed by atoms with Gasteiger partial charge in [0.05, 0.1) is 5.56 Å². The van der Waals surface area contributed by atoms with Gasteiger partial charge in [-0.2, -0.15) is 0 Å². The van der Waals surface area contributed by atoms with Crippen LogP contribution in [0.2, 0.25) is 0 Å². The topological polar surface area (TPSA) is 35.5 Å². The number of esters is 1. The van der Waals surface area contributed by atoms with Gasteiger partial charge >= 0.3 is 5.97 Å². The second-order valence-electron chi connectivity index (χ2n) is 9.05. The molecule has 0 spiro atoms. The van der Waals surface area contributed by atoms with Gasteiger partial charge in [0.15, 0.2) is 0 Å². The molecule has 180 valence electrons. The third-order valence-electron chi connectivity index (χ3n) is 6.81. The Morgan fingerprint density at radius 2 is 1.17 bits per heavy atom. The summed E-state index contributed by atoms with van der Waals surface area (Å²) in [6, 6.07) is 40.3. The van der Waals surface area contributed by atoms with Crippen LogP contribution in [-0.4, -0.2) is 18.7 Å². The van der Waals surface area contributed by atoms with Crippen LogP contribution >= 0.6 is 0 Å². The van der Waals surface area contributed by atoms with Crippen molar-refractivity contribution < 1.29 is 14.3 Å². The van der Waals surface area contributed by atoms with Gasteiger partial charge in [-0.15, -0.1) is 0 Å². The lowest BCUT2D eigenvalue weighted by atomic mass is 9.80. The maximum absolute atomic E-state index is 12.7. The molecule has 5 rings (SSSR count). The van der Waals surface area contributed by atoms with Gasteiger partial charge in [-0.1, -0.05) is 121 Å². The fourth-order valence-electron chi connectivity index (χ4n) is 5.00. The van der Waals surface area contributed by atoms with Crippen LogP contribution in [-0.2, 0) is 15.1 Å². The zero-order valence-electron chi connectivity index (χ0n) is 20.2. The Balaban J connectivity index is 1.38. The second kappa shape index (κ2) is 11.2. The number of ether oxygens (including phenoxy) is 2. The number of hydrogen-bond acceptors (Lipinski definition) is 3. The van der Waals surface area contributed by atoms with E-state index in [9.17, 15) is 4.79 Å². The Kier molecular flexibility index (Phi) is 7.39. The van der Waals surface area contributed by atoms with E-state index in [0.717, 1.165) is 29.5 Å². The van der Waals surface area contributed by atoms with Gasteiger partial charge in [0.1, 0.15) is 11.7 Å². The van der Waals surface area contributed by atoms with Crippen molar-refractivity contribution in [1.29, 1.82) is 0 Å². The molecule has 0 heterocycles. The van der Waals surface area contributed by atoms with Crippen molar-refractivity contribution >= 4 is 5.97 Å². The molecular formula is C33H30O3. The second-order valence-corrected chi connectivity index (χ2v) is 9.05. The minimum Gasteiger partial charge on any atom is -0.458 e. The minimum atomic E-state index is -0.748. The van der Waals surface area contributed by atoms with Gasteiger partial charge < -0.3 is 9.47 Å². The van der Waals surface area contributed by atoms with Gasteiger partial charge in [-0.3, -0.25) is 0 Å². The zero-order valence-corrected chi connectivity index (χ0v) is 20.2. The first-order chi connectivity index (χ1) is 17.8. The fourth-order valence-corrected chi connectivity index (χ4v) is 5.00. The van der Waals surface area contributed by atoms with Crippen LogP contribution in [0.25, 0.3) is 0 Å². The van der Waals surface area contributed by atoms with E-state index in [1.165, 1.54) is 0 Å². The molecule has 0 amide bonds.